The molecule has 0 saturated carbocycles. The van der Waals surface area contributed by atoms with Gasteiger partial charge in [-0.15, -0.1) is 6.58 Å². The Morgan fingerprint density at radius 1 is 1.56 bits per heavy atom. The monoisotopic (exact) mass is 122 g/mol. The fourth-order valence-corrected chi connectivity index (χ4v) is 0.644. The van der Waals surface area contributed by atoms with Crippen molar-refractivity contribution in [2.45, 2.75) is 0 Å². The van der Waals surface area contributed by atoms with Gasteiger partial charge in [0, 0.05) is 12.4 Å². The normalized spacial score (nSPS) is 15.3. The van der Waals surface area contributed by atoms with E-state index in [1.54, 1.807) is 0 Å². The van der Waals surface area contributed by atoms with Crippen molar-refractivity contribution in [1.29, 1.82) is 0 Å². The molecule has 0 saturated heterocycles. The molecule has 2 heteroatoms. The van der Waals surface area contributed by atoms with Crippen molar-refractivity contribution in [2.24, 2.45) is 0 Å². The van der Waals surface area contributed by atoms with Gasteiger partial charge in [-0.2, -0.15) is 0 Å². The van der Waals surface area contributed by atoms with Gasteiger partial charge in [0.1, 0.15) is 0 Å². The third-order valence-corrected chi connectivity index (χ3v) is 1.04. The van der Waals surface area contributed by atoms with Crippen molar-refractivity contribution in [1.82, 2.24) is 10.4 Å². The predicted molar refractivity (Wildman–Crippen MR) is 38.3 cm³/mol. The molecule has 1 aliphatic heterocycles. The largest absolute Gasteiger partial charge is 0.306 e. The highest BCUT2D eigenvalue weighted by atomic mass is 15.5. The minimum absolute atomic E-state index is 0.834. The van der Waals surface area contributed by atoms with Gasteiger partial charge in [0.25, 0.3) is 0 Å². The molecule has 0 atom stereocenters. The van der Waals surface area contributed by atoms with Crippen LogP contribution in [-0.4, -0.2) is 11.6 Å². The number of hydrazine groups is 1. The molecule has 1 heterocycles. The molecule has 0 aromatic rings. The first-order valence-electron chi connectivity index (χ1n) is 2.90. The summed E-state index contributed by atoms with van der Waals surface area (Å²) >= 11 is 0. The average Bonchev–Trinajstić information content (AvgIpc) is 1.91. The van der Waals surface area contributed by atoms with Gasteiger partial charge in [0.05, 0.1) is 6.54 Å². The van der Waals surface area contributed by atoms with Crippen LogP contribution in [0.5, 0.6) is 0 Å². The summed E-state index contributed by atoms with van der Waals surface area (Å²) in [6.07, 6.45) is 9.60. The van der Waals surface area contributed by atoms with E-state index < -0.39 is 0 Å². The van der Waals surface area contributed by atoms with E-state index in [0.29, 0.717) is 0 Å². The summed E-state index contributed by atoms with van der Waals surface area (Å²) in [5.74, 6) is 0. The lowest BCUT2D eigenvalue weighted by Crippen LogP contribution is -2.30. The second-order valence-corrected chi connectivity index (χ2v) is 1.77. The number of nitrogens with zero attached hydrogens (tertiary/aromatic N) is 1. The SMILES string of the molecule is C=CCN1C=CC=CN1. The highest BCUT2D eigenvalue weighted by molar-refractivity contribution is 5.05. The van der Waals surface area contributed by atoms with Crippen molar-refractivity contribution in [3.63, 3.8) is 0 Å². The fourth-order valence-electron chi connectivity index (χ4n) is 0.644. The van der Waals surface area contributed by atoms with E-state index in [1.165, 1.54) is 0 Å². The zero-order valence-electron chi connectivity index (χ0n) is 5.25. The zero-order chi connectivity index (χ0) is 6.53. The standard InChI is InChI=1S/C7H10N2/c1-2-6-9-7-4-3-5-8-9/h2-5,7-8H,1,6H2. The van der Waals surface area contributed by atoms with E-state index in [-0.39, 0.29) is 0 Å². The first kappa shape index (κ1) is 5.95. The number of hydrogen-bond donors (Lipinski definition) is 1. The zero-order valence-corrected chi connectivity index (χ0v) is 5.25. The first-order valence-corrected chi connectivity index (χ1v) is 2.90. The first-order chi connectivity index (χ1) is 4.43. The lowest BCUT2D eigenvalue weighted by atomic mass is 10.5. The van der Waals surface area contributed by atoms with Gasteiger partial charge >= 0.3 is 0 Å². The third-order valence-electron chi connectivity index (χ3n) is 1.04. The Morgan fingerprint density at radius 2 is 2.44 bits per heavy atom. The Morgan fingerprint density at radius 3 is 3.00 bits per heavy atom. The van der Waals surface area contributed by atoms with Crippen LogP contribution in [-0.2, 0) is 0 Å². The molecular weight excluding hydrogens is 112 g/mol. The van der Waals surface area contributed by atoms with Gasteiger partial charge in [-0.05, 0) is 12.2 Å². The van der Waals surface area contributed by atoms with Crippen LogP contribution in [0.4, 0.5) is 0 Å². The molecule has 0 spiro atoms. The van der Waals surface area contributed by atoms with Crippen LogP contribution in [0.15, 0.2) is 37.2 Å². The Kier molecular flexibility index (Phi) is 1.96. The number of rotatable bonds is 2. The van der Waals surface area contributed by atoms with Gasteiger partial charge in [-0.25, -0.2) is 0 Å². The second-order valence-electron chi connectivity index (χ2n) is 1.77. The maximum absolute atomic E-state index is 3.62. The van der Waals surface area contributed by atoms with Gasteiger partial charge in [-0.1, -0.05) is 6.08 Å². The second kappa shape index (κ2) is 2.97. The molecule has 1 N–H and O–H groups in total. The molecule has 1 rings (SSSR count). The van der Waals surface area contributed by atoms with E-state index in [0.717, 1.165) is 6.54 Å². The Hall–Kier alpha value is -1.18. The summed E-state index contributed by atoms with van der Waals surface area (Å²) in [4.78, 5) is 0. The van der Waals surface area contributed by atoms with Crippen LogP contribution in [0.1, 0.15) is 0 Å². The quantitative estimate of drug-likeness (QED) is 0.550. The molecular formula is C7H10N2. The van der Waals surface area contributed by atoms with E-state index in [4.69, 9.17) is 0 Å². The van der Waals surface area contributed by atoms with Gasteiger partial charge < -0.3 is 5.43 Å². The fraction of sp³-hybridized carbons (Fsp3) is 0.143. The number of nitrogens with one attached hydrogen (secondary N) is 1. The molecule has 9 heavy (non-hydrogen) atoms. The van der Waals surface area contributed by atoms with Gasteiger partial charge in [0.15, 0.2) is 0 Å². The van der Waals surface area contributed by atoms with Crippen molar-refractivity contribution < 1.29 is 0 Å². The number of hydrogen-bond acceptors (Lipinski definition) is 2. The molecule has 48 valence electrons. The molecule has 2 nitrogen and oxygen atoms in total. The molecule has 0 radical (unpaired) electrons. The summed E-state index contributed by atoms with van der Waals surface area (Å²) in [6.45, 7) is 4.45. The summed E-state index contributed by atoms with van der Waals surface area (Å²) in [5.41, 5.74) is 3.01. The number of allylic oxidation sites excluding steroid dienone is 2. The molecule has 0 fully saturated rings. The lowest BCUT2D eigenvalue weighted by Gasteiger charge is -2.19. The van der Waals surface area contributed by atoms with E-state index in [2.05, 4.69) is 12.0 Å². The van der Waals surface area contributed by atoms with E-state index in [9.17, 15) is 0 Å². The minimum Gasteiger partial charge on any atom is -0.306 e. The third kappa shape index (κ3) is 1.64. The van der Waals surface area contributed by atoms with Crippen LogP contribution in [0.2, 0.25) is 0 Å². The molecule has 0 bridgehead atoms. The van der Waals surface area contributed by atoms with Crippen LogP contribution in [0.25, 0.3) is 0 Å². The van der Waals surface area contributed by atoms with Crippen molar-refractivity contribution >= 4 is 0 Å². The van der Waals surface area contributed by atoms with E-state index in [1.807, 2.05) is 35.6 Å². The Bertz CT molecular complexity index is 145. The predicted octanol–water partition coefficient (Wildman–Crippen LogP) is 1.02. The molecule has 1 aliphatic rings. The smallest absolute Gasteiger partial charge is 0.0565 e. The molecule has 0 aromatic carbocycles. The van der Waals surface area contributed by atoms with Crippen LogP contribution >= 0.6 is 0 Å². The summed E-state index contributed by atoms with van der Waals surface area (Å²) in [5, 5.41) is 1.94. The molecule has 0 unspecified atom stereocenters. The van der Waals surface area contributed by atoms with Crippen LogP contribution in [0, 0.1) is 0 Å². The van der Waals surface area contributed by atoms with Crippen LogP contribution in [0.3, 0.4) is 0 Å². The molecule has 0 aromatic heterocycles. The van der Waals surface area contributed by atoms with Crippen molar-refractivity contribution in [2.75, 3.05) is 6.54 Å². The average molecular weight is 122 g/mol. The molecule has 0 amide bonds. The van der Waals surface area contributed by atoms with Gasteiger partial charge in [-0.3, -0.25) is 5.01 Å². The maximum Gasteiger partial charge on any atom is 0.0565 e. The summed E-state index contributed by atoms with van der Waals surface area (Å²) in [7, 11) is 0. The lowest BCUT2D eigenvalue weighted by molar-refractivity contribution is 0.346. The Balaban J connectivity index is 2.36. The highest BCUT2D eigenvalue weighted by Crippen LogP contribution is 1.90. The van der Waals surface area contributed by atoms with E-state index >= 15 is 0 Å². The summed E-state index contributed by atoms with van der Waals surface area (Å²) < 4.78 is 0. The summed E-state index contributed by atoms with van der Waals surface area (Å²) in [6, 6.07) is 0. The topological polar surface area (TPSA) is 15.3 Å². The van der Waals surface area contributed by atoms with Crippen molar-refractivity contribution in [3.8, 4) is 0 Å². The van der Waals surface area contributed by atoms with Crippen molar-refractivity contribution in [3.05, 3.63) is 37.2 Å². The van der Waals surface area contributed by atoms with Gasteiger partial charge in [0.2, 0.25) is 0 Å². The maximum atomic E-state index is 3.62. The van der Waals surface area contributed by atoms with Crippen LogP contribution < -0.4 is 5.43 Å². The highest BCUT2D eigenvalue weighted by Gasteiger charge is 1.91. The Labute approximate surface area is 55.1 Å². The molecule has 0 aliphatic carbocycles. The minimum atomic E-state index is 0.834.